The highest BCUT2D eigenvalue weighted by Crippen LogP contribution is 2.14. The van der Waals surface area contributed by atoms with Crippen molar-refractivity contribution in [3.05, 3.63) is 57.2 Å². The Morgan fingerprint density at radius 1 is 1.18 bits per heavy atom. The van der Waals surface area contributed by atoms with Crippen LogP contribution in [0.5, 0.6) is 0 Å². The highest BCUT2D eigenvalue weighted by molar-refractivity contribution is 5.74. The summed E-state index contributed by atoms with van der Waals surface area (Å²) in [7, 11) is 0. The third kappa shape index (κ3) is 4.03. The molecule has 0 aliphatic carbocycles. The van der Waals surface area contributed by atoms with Crippen LogP contribution >= 0.6 is 0 Å². The van der Waals surface area contributed by atoms with Crippen molar-refractivity contribution in [2.45, 2.75) is 13.8 Å². The van der Waals surface area contributed by atoms with Crippen LogP contribution in [-0.4, -0.2) is 11.2 Å². The fourth-order valence-electron chi connectivity index (χ4n) is 1.39. The fourth-order valence-corrected chi connectivity index (χ4v) is 1.39. The standard InChI is InChI=1S/C13H13NO3/c1-10(7-11(2)9-15)8-12-3-5-13(6-4-12)14(16)17/h3-9H,1-2H3/b10-8+,11-7-. The van der Waals surface area contributed by atoms with Crippen molar-refractivity contribution in [2.24, 2.45) is 0 Å². The lowest BCUT2D eigenvalue weighted by atomic mass is 10.1. The third-order valence-electron chi connectivity index (χ3n) is 2.14. The van der Waals surface area contributed by atoms with Gasteiger partial charge in [-0.25, -0.2) is 0 Å². The molecule has 0 amide bonds. The zero-order valence-electron chi connectivity index (χ0n) is 9.71. The van der Waals surface area contributed by atoms with E-state index in [9.17, 15) is 14.9 Å². The molecule has 4 heteroatoms. The number of non-ortho nitro benzene ring substituents is 1. The van der Waals surface area contributed by atoms with E-state index in [0.29, 0.717) is 5.57 Å². The molecule has 17 heavy (non-hydrogen) atoms. The summed E-state index contributed by atoms with van der Waals surface area (Å²) >= 11 is 0. The molecule has 0 N–H and O–H groups in total. The fraction of sp³-hybridized carbons (Fsp3) is 0.154. The van der Waals surface area contributed by atoms with Crippen LogP contribution in [0.1, 0.15) is 19.4 Å². The first-order valence-electron chi connectivity index (χ1n) is 5.09. The molecule has 0 atom stereocenters. The first-order chi connectivity index (χ1) is 8.02. The number of carbonyl (C=O) groups is 1. The highest BCUT2D eigenvalue weighted by Gasteiger charge is 2.02. The number of aldehydes is 1. The predicted octanol–water partition coefficient (Wildman–Crippen LogP) is 3.14. The van der Waals surface area contributed by atoms with Crippen molar-refractivity contribution >= 4 is 18.0 Å². The van der Waals surface area contributed by atoms with E-state index in [1.54, 1.807) is 25.1 Å². The zero-order chi connectivity index (χ0) is 12.8. The number of rotatable bonds is 4. The molecule has 0 unspecified atom stereocenters. The quantitative estimate of drug-likeness (QED) is 0.263. The molecule has 1 aromatic carbocycles. The van der Waals surface area contributed by atoms with E-state index in [-0.39, 0.29) is 5.69 Å². The largest absolute Gasteiger partial charge is 0.298 e. The van der Waals surface area contributed by atoms with Crippen molar-refractivity contribution in [1.29, 1.82) is 0 Å². The van der Waals surface area contributed by atoms with Crippen LogP contribution in [0.4, 0.5) is 5.69 Å². The maximum atomic E-state index is 10.5. The summed E-state index contributed by atoms with van der Waals surface area (Å²) in [5.41, 5.74) is 2.49. The molecular formula is C13H13NO3. The molecule has 4 nitrogen and oxygen atoms in total. The van der Waals surface area contributed by atoms with Gasteiger partial charge in [-0.3, -0.25) is 14.9 Å². The minimum atomic E-state index is -0.434. The maximum Gasteiger partial charge on any atom is 0.269 e. The van der Waals surface area contributed by atoms with Crippen molar-refractivity contribution in [2.75, 3.05) is 0 Å². The number of hydrogen-bond donors (Lipinski definition) is 0. The van der Waals surface area contributed by atoms with Crippen molar-refractivity contribution < 1.29 is 9.72 Å². The van der Waals surface area contributed by atoms with E-state index < -0.39 is 4.92 Å². The molecule has 0 aromatic heterocycles. The first kappa shape index (κ1) is 12.8. The Balaban J connectivity index is 2.91. The van der Waals surface area contributed by atoms with E-state index >= 15 is 0 Å². The maximum absolute atomic E-state index is 10.5. The number of nitro benzene ring substituents is 1. The molecule has 0 spiro atoms. The van der Waals surface area contributed by atoms with Gasteiger partial charge in [-0.15, -0.1) is 0 Å². The normalized spacial score (nSPS) is 12.4. The number of benzene rings is 1. The van der Waals surface area contributed by atoms with E-state index in [1.165, 1.54) is 12.1 Å². The number of carbonyl (C=O) groups excluding carboxylic acids is 1. The summed E-state index contributed by atoms with van der Waals surface area (Å²) in [5, 5.41) is 10.5. The monoisotopic (exact) mass is 231 g/mol. The number of allylic oxidation sites excluding steroid dienone is 3. The number of hydrogen-bond acceptors (Lipinski definition) is 3. The van der Waals surface area contributed by atoms with E-state index in [2.05, 4.69) is 0 Å². The third-order valence-corrected chi connectivity index (χ3v) is 2.14. The van der Waals surface area contributed by atoms with Crippen LogP contribution in [-0.2, 0) is 4.79 Å². The summed E-state index contributed by atoms with van der Waals surface area (Å²) < 4.78 is 0. The second-order valence-electron chi connectivity index (χ2n) is 3.74. The van der Waals surface area contributed by atoms with Gasteiger partial charge in [-0.2, -0.15) is 0 Å². The SMILES string of the molecule is C/C(C=O)=C/C(C)=C/c1ccc([N+](=O)[O-])cc1. The molecular weight excluding hydrogens is 218 g/mol. The van der Waals surface area contributed by atoms with Crippen LogP contribution in [0.2, 0.25) is 0 Å². The lowest BCUT2D eigenvalue weighted by Crippen LogP contribution is -1.86. The Bertz CT molecular complexity index is 484. The van der Waals surface area contributed by atoms with E-state index in [4.69, 9.17) is 0 Å². The molecule has 0 radical (unpaired) electrons. The van der Waals surface area contributed by atoms with Crippen LogP contribution < -0.4 is 0 Å². The minimum absolute atomic E-state index is 0.0689. The van der Waals surface area contributed by atoms with Crippen molar-refractivity contribution in [3.8, 4) is 0 Å². The molecule has 88 valence electrons. The average molecular weight is 231 g/mol. The van der Waals surface area contributed by atoms with Crippen LogP contribution in [0.25, 0.3) is 6.08 Å². The second kappa shape index (κ2) is 5.75. The second-order valence-corrected chi connectivity index (χ2v) is 3.74. The van der Waals surface area contributed by atoms with Crippen LogP contribution in [0.3, 0.4) is 0 Å². The summed E-state index contributed by atoms with van der Waals surface area (Å²) in [6.07, 6.45) is 4.40. The molecule has 1 rings (SSSR count). The first-order valence-corrected chi connectivity index (χ1v) is 5.09. The number of nitrogens with zero attached hydrogens (tertiary/aromatic N) is 1. The Labute approximate surface area is 99.4 Å². The Kier molecular flexibility index (Phi) is 4.34. The summed E-state index contributed by atoms with van der Waals surface area (Å²) in [6, 6.07) is 6.25. The molecule has 0 aliphatic rings. The molecule has 1 aromatic rings. The van der Waals surface area contributed by atoms with Crippen LogP contribution in [0.15, 0.2) is 41.5 Å². The lowest BCUT2D eigenvalue weighted by Gasteiger charge is -1.96. The molecule has 0 aliphatic heterocycles. The van der Waals surface area contributed by atoms with Gasteiger partial charge in [0.05, 0.1) is 4.92 Å². The van der Waals surface area contributed by atoms with E-state index in [0.717, 1.165) is 17.4 Å². The van der Waals surface area contributed by atoms with Crippen molar-refractivity contribution in [1.82, 2.24) is 0 Å². The van der Waals surface area contributed by atoms with E-state index in [1.807, 2.05) is 13.0 Å². The zero-order valence-corrected chi connectivity index (χ0v) is 9.71. The van der Waals surface area contributed by atoms with Gasteiger partial charge < -0.3 is 0 Å². The Morgan fingerprint density at radius 2 is 1.76 bits per heavy atom. The molecule has 0 heterocycles. The average Bonchev–Trinajstić information content (AvgIpc) is 2.29. The molecule has 0 bridgehead atoms. The Hall–Kier alpha value is -2.23. The lowest BCUT2D eigenvalue weighted by molar-refractivity contribution is -0.384. The summed E-state index contributed by atoms with van der Waals surface area (Å²) in [5.74, 6) is 0. The van der Waals surface area contributed by atoms with Gasteiger partial charge in [0, 0.05) is 12.1 Å². The van der Waals surface area contributed by atoms with Crippen molar-refractivity contribution in [3.63, 3.8) is 0 Å². The predicted molar refractivity (Wildman–Crippen MR) is 66.6 cm³/mol. The topological polar surface area (TPSA) is 60.2 Å². The molecule has 0 fully saturated rings. The van der Waals surface area contributed by atoms with Crippen LogP contribution in [0, 0.1) is 10.1 Å². The summed E-state index contributed by atoms with van der Waals surface area (Å²) in [6.45, 7) is 3.59. The van der Waals surface area contributed by atoms with Gasteiger partial charge in [0.25, 0.3) is 5.69 Å². The smallest absolute Gasteiger partial charge is 0.269 e. The van der Waals surface area contributed by atoms with Gasteiger partial charge in [-0.05, 0) is 37.1 Å². The minimum Gasteiger partial charge on any atom is -0.298 e. The molecule has 0 saturated carbocycles. The highest BCUT2D eigenvalue weighted by atomic mass is 16.6. The van der Waals surface area contributed by atoms with Gasteiger partial charge >= 0.3 is 0 Å². The van der Waals surface area contributed by atoms with Gasteiger partial charge in [0.2, 0.25) is 0 Å². The Morgan fingerprint density at radius 3 is 2.24 bits per heavy atom. The summed E-state index contributed by atoms with van der Waals surface area (Å²) in [4.78, 5) is 20.5. The molecule has 0 saturated heterocycles. The van der Waals surface area contributed by atoms with Gasteiger partial charge in [0.15, 0.2) is 0 Å². The van der Waals surface area contributed by atoms with Gasteiger partial charge in [-0.1, -0.05) is 17.7 Å². The van der Waals surface area contributed by atoms with Gasteiger partial charge in [0.1, 0.15) is 6.29 Å². The number of nitro groups is 1.